The number of carbonyl (C=O) groups is 6. The minimum atomic E-state index is -0.369. The number of benzene rings is 12. The van der Waals surface area contributed by atoms with Gasteiger partial charge in [0.15, 0.2) is 15.3 Å². The summed E-state index contributed by atoms with van der Waals surface area (Å²) in [5, 5.41) is 0.661. The van der Waals surface area contributed by atoms with E-state index in [9.17, 15) is 33.2 Å². The molecule has 0 aliphatic heterocycles. The van der Waals surface area contributed by atoms with E-state index >= 15 is 0 Å². The van der Waals surface area contributed by atoms with Gasteiger partial charge in [-0.3, -0.25) is 28.8 Å². The standard InChI is InChI=1S/C19H22O4.C18H20O3S.C18H20O3.C17H17ClO2S.C17H17FO2S.C17H18O2S/c1-5-21-18-7-6-8-19(23-15(4)20)16(18)12-22-17-10-9-13(2)11-14(17)3;1-12-7-8-17(13(2)9-12)20-10-16-15(11-22)5-4-6-18(16)21-14(3)19;1-12-8-9-17(14(3)10-12)20-11-16-13(2)6-5-7-18(16)21-15(4)19;2*1-11-7-8-16(12(2)9-11)20-10-14-15(18)5-4-6-17(14)21-13(3)19;1-12-8-9-16(13(2)10-12)19-11-15-6-4-5-7-17(15)20-14(3)18/h6-11H,5,12H2,1-4H3;4-9,22H,10-11H2,1-3H3;5-10H,11H2,1-4H3;2*4-9H,10H2,1-3H3;4-10H,11H2,1-3H3. The Bertz CT molecular complexity index is 5530. The van der Waals surface area contributed by atoms with Crippen LogP contribution < -0.4 is 47.4 Å². The number of carbonyl (C=O) groups excluding carboxylic acids is 6. The maximum Gasteiger partial charge on any atom is 0.308 e. The highest BCUT2D eigenvalue weighted by Gasteiger charge is 2.20. The molecule has 12 aromatic rings. The predicted octanol–water partition coefficient (Wildman–Crippen LogP) is 26.9. The molecule has 0 N–H and O–H groups in total. The van der Waals surface area contributed by atoms with Crippen LogP contribution in [-0.2, 0) is 74.2 Å². The highest BCUT2D eigenvalue weighted by Crippen LogP contribution is 2.37. The number of halogens is 2. The summed E-state index contributed by atoms with van der Waals surface area (Å²) in [6, 6.07) is 70.9. The molecule has 0 atom stereocenters. The van der Waals surface area contributed by atoms with Crippen LogP contribution in [0.3, 0.4) is 0 Å². The fraction of sp³-hybridized carbons (Fsp3) is 0.264. The normalized spacial score (nSPS) is 10.4. The molecule has 0 saturated carbocycles. The molecule has 0 bridgehead atoms. The molecule has 22 heteroatoms. The van der Waals surface area contributed by atoms with Crippen LogP contribution in [0.2, 0.25) is 5.02 Å². The van der Waals surface area contributed by atoms with Crippen molar-refractivity contribution < 1.29 is 80.5 Å². The van der Waals surface area contributed by atoms with Crippen molar-refractivity contribution in [1.82, 2.24) is 0 Å². The van der Waals surface area contributed by atoms with E-state index < -0.39 is 0 Å². The van der Waals surface area contributed by atoms with E-state index in [1.165, 1.54) is 85.1 Å². The Morgan fingerprint density at radius 2 is 0.586 bits per heavy atom. The van der Waals surface area contributed by atoms with Gasteiger partial charge in [0.05, 0.1) is 12.2 Å². The zero-order chi connectivity index (χ0) is 93.7. The van der Waals surface area contributed by atoms with Gasteiger partial charge in [-0.2, -0.15) is 12.6 Å². The predicted molar refractivity (Wildman–Crippen MR) is 517 cm³/mol. The molecule has 0 fully saturated rings. The van der Waals surface area contributed by atoms with Crippen molar-refractivity contribution in [3.8, 4) is 57.5 Å². The van der Waals surface area contributed by atoms with E-state index in [0.717, 1.165) is 134 Å². The Balaban J connectivity index is 0.000000211. The molecular formula is C106H114ClFO16S4. The average molecular weight is 1830 g/mol. The number of hydrogen-bond acceptors (Lipinski definition) is 20. The molecule has 0 amide bonds. The van der Waals surface area contributed by atoms with Gasteiger partial charge in [0.1, 0.15) is 103 Å². The molecule has 0 aromatic heterocycles. The van der Waals surface area contributed by atoms with E-state index in [2.05, 4.69) is 56.8 Å². The molecule has 0 aliphatic carbocycles. The summed E-state index contributed by atoms with van der Waals surface area (Å²) in [5.41, 5.74) is 20.4. The third-order valence-electron chi connectivity index (χ3n) is 19.0. The Kier molecular flexibility index (Phi) is 42.4. The Morgan fingerprint density at radius 1 is 0.289 bits per heavy atom. The van der Waals surface area contributed by atoms with Crippen molar-refractivity contribution >= 4 is 92.8 Å². The van der Waals surface area contributed by atoms with Crippen LogP contribution in [0.1, 0.15) is 160 Å². The molecule has 12 aromatic carbocycles. The third-order valence-corrected chi connectivity index (χ3v) is 22.4. The molecule has 128 heavy (non-hydrogen) atoms. The van der Waals surface area contributed by atoms with Gasteiger partial charge in [0.2, 0.25) is 0 Å². The molecule has 12 rings (SSSR count). The minimum Gasteiger partial charge on any atom is -0.493 e. The number of esters is 3. The summed E-state index contributed by atoms with van der Waals surface area (Å²) in [6.07, 6.45) is 0. The number of thioether (sulfide) groups is 3. The van der Waals surface area contributed by atoms with Gasteiger partial charge in [0, 0.05) is 94.8 Å². The lowest BCUT2D eigenvalue weighted by molar-refractivity contribution is -0.132. The molecule has 0 spiro atoms. The number of rotatable bonds is 27. The largest absolute Gasteiger partial charge is 0.493 e. The smallest absolute Gasteiger partial charge is 0.308 e. The first-order valence-corrected chi connectivity index (χ1v) is 44.9. The lowest BCUT2D eigenvalue weighted by atomic mass is 10.1. The van der Waals surface area contributed by atoms with E-state index in [0.29, 0.717) is 77.3 Å². The Hall–Kier alpha value is -11.7. The van der Waals surface area contributed by atoms with Crippen LogP contribution in [0, 0.1) is 95.8 Å². The summed E-state index contributed by atoms with van der Waals surface area (Å²) in [5.74, 6) is 6.30. The molecule has 0 aliphatic rings. The first-order valence-electron chi connectivity index (χ1n) is 41.5. The summed E-state index contributed by atoms with van der Waals surface area (Å²) in [7, 11) is 0. The Labute approximate surface area is 777 Å². The second kappa shape index (κ2) is 52.5. The lowest BCUT2D eigenvalue weighted by Crippen LogP contribution is -2.08. The van der Waals surface area contributed by atoms with Gasteiger partial charge in [-0.05, 0) is 232 Å². The van der Waals surface area contributed by atoms with Gasteiger partial charge < -0.3 is 47.4 Å². The minimum absolute atomic E-state index is 0.0324. The quantitative estimate of drug-likeness (QED) is 0.0221. The average Bonchev–Trinajstić information content (AvgIpc) is 0.838. The van der Waals surface area contributed by atoms with Crippen LogP contribution in [0.4, 0.5) is 4.39 Å². The lowest BCUT2D eigenvalue weighted by Gasteiger charge is -2.16. The van der Waals surface area contributed by atoms with Gasteiger partial charge in [-0.25, -0.2) is 4.39 Å². The topological polar surface area (TPSA) is 195 Å². The van der Waals surface area contributed by atoms with Crippen molar-refractivity contribution in [3.05, 3.63) is 347 Å². The SMILES string of the molecule is CC(=O)Oc1cccc(C)c1COc1ccc(C)cc1C.CC(=O)Oc1cccc(CS)c1COc1ccc(C)cc1C.CC(=O)Sc1cccc(Cl)c1COc1ccc(C)cc1C.CC(=O)Sc1cccc(F)c1COc1ccc(C)cc1C.CC(=O)Sc1ccccc1COc1ccc(C)cc1C.CCOc1cccc(OC(C)=O)c1COc1ccc(C)cc1C. The number of thiol groups is 1. The van der Waals surface area contributed by atoms with E-state index in [1.807, 2.05) is 235 Å². The molecular weight excluding hydrogens is 1710 g/mol. The third kappa shape index (κ3) is 34.5. The van der Waals surface area contributed by atoms with E-state index in [4.69, 9.17) is 59.0 Å². The highest BCUT2D eigenvalue weighted by atomic mass is 35.5. The highest BCUT2D eigenvalue weighted by molar-refractivity contribution is 8.14. The van der Waals surface area contributed by atoms with Crippen molar-refractivity contribution in [2.45, 2.75) is 199 Å². The Morgan fingerprint density at radius 3 is 0.977 bits per heavy atom. The summed E-state index contributed by atoms with van der Waals surface area (Å²) in [4.78, 5) is 70.0. The van der Waals surface area contributed by atoms with Gasteiger partial charge in [-0.1, -0.05) is 214 Å². The van der Waals surface area contributed by atoms with Crippen LogP contribution in [0.25, 0.3) is 0 Å². The van der Waals surface area contributed by atoms with Crippen LogP contribution in [-0.4, -0.2) is 39.9 Å². The maximum absolute atomic E-state index is 14.0. The summed E-state index contributed by atoms with van der Waals surface area (Å²) in [6.45, 7) is 39.4. The summed E-state index contributed by atoms with van der Waals surface area (Å²) >= 11 is 14.0. The second-order valence-corrected chi connectivity index (χ2v) is 34.6. The van der Waals surface area contributed by atoms with Crippen LogP contribution in [0.15, 0.2) is 239 Å². The van der Waals surface area contributed by atoms with Crippen LogP contribution in [0.5, 0.6) is 57.5 Å². The van der Waals surface area contributed by atoms with Crippen molar-refractivity contribution in [3.63, 3.8) is 0 Å². The van der Waals surface area contributed by atoms with E-state index in [1.54, 1.807) is 50.2 Å². The zero-order valence-electron chi connectivity index (χ0n) is 76.5. The van der Waals surface area contributed by atoms with Gasteiger partial charge >= 0.3 is 17.9 Å². The number of aryl methyl sites for hydroxylation is 13. The molecule has 0 saturated heterocycles. The van der Waals surface area contributed by atoms with Crippen molar-refractivity contribution in [2.75, 3.05) is 6.61 Å². The second-order valence-electron chi connectivity index (χ2n) is 30.2. The number of hydrogen-bond donors (Lipinski definition) is 1. The van der Waals surface area contributed by atoms with Gasteiger partial charge in [-0.15, -0.1) is 0 Å². The molecule has 0 radical (unpaired) electrons. The molecule has 16 nitrogen and oxygen atoms in total. The molecule has 672 valence electrons. The monoisotopic (exact) mass is 1820 g/mol. The molecule has 0 heterocycles. The first-order chi connectivity index (χ1) is 61.0. The maximum atomic E-state index is 14.0. The van der Waals surface area contributed by atoms with E-state index in [-0.39, 0.29) is 52.3 Å². The summed E-state index contributed by atoms with van der Waals surface area (Å²) < 4.78 is 70.6. The fourth-order valence-electron chi connectivity index (χ4n) is 12.9. The van der Waals surface area contributed by atoms with Crippen LogP contribution >= 0.6 is 59.5 Å². The zero-order valence-corrected chi connectivity index (χ0v) is 80.6. The van der Waals surface area contributed by atoms with Crippen molar-refractivity contribution in [2.24, 2.45) is 0 Å². The fourth-order valence-corrected chi connectivity index (χ4v) is 15.7. The molecule has 0 unspecified atom stereocenters. The van der Waals surface area contributed by atoms with Gasteiger partial charge in [0.25, 0.3) is 0 Å². The first kappa shape index (κ1) is 103. The van der Waals surface area contributed by atoms with Crippen molar-refractivity contribution in [1.29, 1.82) is 0 Å². The number of ether oxygens (including phenoxy) is 10.